The van der Waals surface area contributed by atoms with Crippen LogP contribution in [-0.2, 0) is 23.2 Å². The fourth-order valence-corrected chi connectivity index (χ4v) is 4.39. The van der Waals surface area contributed by atoms with E-state index in [1.165, 1.54) is 33.3 Å². The maximum Gasteiger partial charge on any atom is 0.219 e. The molecule has 1 aromatic heterocycles. The molecule has 0 fully saturated rings. The van der Waals surface area contributed by atoms with Crippen LogP contribution in [-0.4, -0.2) is 24.1 Å². The van der Waals surface area contributed by atoms with Gasteiger partial charge in [0.1, 0.15) is 5.75 Å². The van der Waals surface area contributed by atoms with Crippen molar-refractivity contribution in [3.63, 3.8) is 0 Å². The van der Waals surface area contributed by atoms with Crippen LogP contribution in [0.15, 0.2) is 42.5 Å². The highest BCUT2D eigenvalue weighted by Crippen LogP contribution is 2.45. The average Bonchev–Trinajstić information content (AvgIpc) is 3.06. The van der Waals surface area contributed by atoms with E-state index in [4.69, 9.17) is 4.74 Å². The van der Waals surface area contributed by atoms with Gasteiger partial charge in [0, 0.05) is 41.4 Å². The number of benzene rings is 2. The molecule has 4 nitrogen and oxygen atoms in total. The van der Waals surface area contributed by atoms with Gasteiger partial charge in [-0.3, -0.25) is 4.79 Å². The van der Waals surface area contributed by atoms with Crippen molar-refractivity contribution in [3.8, 4) is 17.0 Å². The van der Waals surface area contributed by atoms with Crippen molar-refractivity contribution in [2.45, 2.75) is 45.6 Å². The van der Waals surface area contributed by atoms with Crippen molar-refractivity contribution < 1.29 is 9.53 Å². The van der Waals surface area contributed by atoms with Crippen molar-refractivity contribution in [1.29, 1.82) is 0 Å². The summed E-state index contributed by atoms with van der Waals surface area (Å²) in [7, 11) is 1.71. The minimum Gasteiger partial charge on any atom is -0.497 e. The van der Waals surface area contributed by atoms with Crippen LogP contribution < -0.4 is 10.1 Å². The van der Waals surface area contributed by atoms with Crippen LogP contribution in [0.5, 0.6) is 5.75 Å². The number of methoxy groups -OCH3 is 1. The predicted octanol–water partition coefficient (Wildman–Crippen LogP) is 4.68. The number of nitrogens with one attached hydrogen (secondary N) is 1. The van der Waals surface area contributed by atoms with E-state index in [0.29, 0.717) is 13.0 Å². The summed E-state index contributed by atoms with van der Waals surface area (Å²) in [5, 5.41) is 4.32. The Balaban J connectivity index is 1.97. The predicted molar refractivity (Wildman–Crippen MR) is 114 cm³/mol. The monoisotopic (exact) mass is 376 g/mol. The van der Waals surface area contributed by atoms with Gasteiger partial charge in [-0.1, -0.05) is 45.0 Å². The summed E-state index contributed by atoms with van der Waals surface area (Å²) in [5.74, 6) is 0.946. The summed E-state index contributed by atoms with van der Waals surface area (Å²) in [4.78, 5) is 11.9. The Morgan fingerprint density at radius 2 is 2.00 bits per heavy atom. The van der Waals surface area contributed by atoms with Gasteiger partial charge in [0.2, 0.25) is 5.91 Å². The summed E-state index contributed by atoms with van der Waals surface area (Å²) < 4.78 is 7.97. The first-order chi connectivity index (χ1) is 13.5. The molecule has 3 aromatic rings. The van der Waals surface area contributed by atoms with Crippen LogP contribution in [0.3, 0.4) is 0 Å². The Bertz CT molecular complexity index is 1050. The maximum atomic E-state index is 11.9. The molecular formula is C24H28N2O2. The lowest BCUT2D eigenvalue weighted by atomic mass is 9.80. The standard InChI is InChI=1S/C24H28N2O2/c1-5-21(27)25-15-24(2,3)22-19-14-17(28-4)10-11-20(19)26-13-12-16-8-6-7-9-18(16)23(22)26/h6-11,14H,5,12-13,15H2,1-4H3,(H,25,27). The smallest absolute Gasteiger partial charge is 0.219 e. The van der Waals surface area contributed by atoms with Crippen LogP contribution in [0.4, 0.5) is 0 Å². The highest BCUT2D eigenvalue weighted by molar-refractivity contribution is 5.95. The quantitative estimate of drug-likeness (QED) is 0.703. The Morgan fingerprint density at radius 3 is 2.75 bits per heavy atom. The number of ether oxygens (including phenoxy) is 1. The molecule has 1 aliphatic heterocycles. The maximum absolute atomic E-state index is 11.9. The molecule has 1 N–H and O–H groups in total. The second-order valence-electron chi connectivity index (χ2n) is 8.18. The molecule has 0 atom stereocenters. The van der Waals surface area contributed by atoms with Crippen molar-refractivity contribution in [2.24, 2.45) is 0 Å². The van der Waals surface area contributed by atoms with Gasteiger partial charge in [0.15, 0.2) is 0 Å². The Hall–Kier alpha value is -2.75. The summed E-state index contributed by atoms with van der Waals surface area (Å²) in [6, 6.07) is 15.0. The Labute approximate surface area is 166 Å². The fraction of sp³-hybridized carbons (Fsp3) is 0.375. The lowest BCUT2D eigenvalue weighted by Crippen LogP contribution is -2.36. The number of carbonyl (C=O) groups is 1. The number of carbonyl (C=O) groups excluding carboxylic acids is 1. The molecule has 0 bridgehead atoms. The van der Waals surface area contributed by atoms with Crippen LogP contribution >= 0.6 is 0 Å². The third-order valence-electron chi connectivity index (χ3n) is 5.87. The van der Waals surface area contributed by atoms with E-state index in [9.17, 15) is 4.79 Å². The number of rotatable bonds is 5. The number of amides is 1. The van der Waals surface area contributed by atoms with E-state index in [1.807, 2.05) is 13.0 Å². The number of nitrogens with zero attached hydrogens (tertiary/aromatic N) is 1. The van der Waals surface area contributed by atoms with Gasteiger partial charge in [-0.15, -0.1) is 0 Å². The third-order valence-corrected chi connectivity index (χ3v) is 5.87. The molecule has 2 aromatic carbocycles. The van der Waals surface area contributed by atoms with Gasteiger partial charge < -0.3 is 14.6 Å². The van der Waals surface area contributed by atoms with Crippen molar-refractivity contribution in [3.05, 3.63) is 53.6 Å². The molecule has 2 heterocycles. The van der Waals surface area contributed by atoms with E-state index in [1.54, 1.807) is 7.11 Å². The van der Waals surface area contributed by atoms with Crippen LogP contribution in [0.25, 0.3) is 22.2 Å². The van der Waals surface area contributed by atoms with Gasteiger partial charge in [0.05, 0.1) is 12.8 Å². The average molecular weight is 377 g/mol. The third kappa shape index (κ3) is 2.97. The first-order valence-electron chi connectivity index (χ1n) is 10.0. The van der Waals surface area contributed by atoms with Crippen LogP contribution in [0.2, 0.25) is 0 Å². The minimum absolute atomic E-state index is 0.0865. The van der Waals surface area contributed by atoms with Gasteiger partial charge in [-0.05, 0) is 35.7 Å². The second-order valence-corrected chi connectivity index (χ2v) is 8.18. The van der Waals surface area contributed by atoms with E-state index < -0.39 is 0 Å². The van der Waals surface area contributed by atoms with Gasteiger partial charge in [-0.2, -0.15) is 0 Å². The lowest BCUT2D eigenvalue weighted by Gasteiger charge is -2.29. The lowest BCUT2D eigenvalue weighted by molar-refractivity contribution is -0.121. The van der Waals surface area contributed by atoms with Crippen LogP contribution in [0.1, 0.15) is 38.3 Å². The zero-order valence-corrected chi connectivity index (χ0v) is 17.1. The van der Waals surface area contributed by atoms with Crippen molar-refractivity contribution in [1.82, 2.24) is 9.88 Å². The summed E-state index contributed by atoms with van der Waals surface area (Å²) >= 11 is 0. The highest BCUT2D eigenvalue weighted by Gasteiger charge is 2.33. The van der Waals surface area contributed by atoms with Crippen molar-refractivity contribution in [2.75, 3.05) is 13.7 Å². The highest BCUT2D eigenvalue weighted by atomic mass is 16.5. The molecule has 0 radical (unpaired) electrons. The van der Waals surface area contributed by atoms with Gasteiger partial charge in [0.25, 0.3) is 0 Å². The molecule has 0 spiro atoms. The summed E-state index contributed by atoms with van der Waals surface area (Å²) in [6.07, 6.45) is 1.53. The van der Waals surface area contributed by atoms with Gasteiger partial charge >= 0.3 is 0 Å². The van der Waals surface area contributed by atoms with E-state index in [-0.39, 0.29) is 11.3 Å². The molecule has 1 amide bonds. The molecule has 28 heavy (non-hydrogen) atoms. The van der Waals surface area contributed by atoms with E-state index in [2.05, 4.69) is 60.1 Å². The molecule has 0 unspecified atom stereocenters. The molecule has 4 rings (SSSR count). The van der Waals surface area contributed by atoms with E-state index >= 15 is 0 Å². The molecule has 0 aliphatic carbocycles. The number of aryl methyl sites for hydroxylation is 2. The topological polar surface area (TPSA) is 43.3 Å². The molecule has 1 aliphatic rings. The SMILES string of the molecule is CCC(=O)NCC(C)(C)c1c2n(c3ccc(OC)cc13)CCc1ccccc1-2. The molecule has 0 saturated carbocycles. The zero-order chi connectivity index (χ0) is 19.9. The van der Waals surface area contributed by atoms with Gasteiger partial charge in [-0.25, -0.2) is 0 Å². The Morgan fingerprint density at radius 1 is 1.21 bits per heavy atom. The Kier molecular flexibility index (Phi) is 4.66. The minimum atomic E-state index is -0.222. The number of hydrogen-bond donors (Lipinski definition) is 1. The zero-order valence-electron chi connectivity index (χ0n) is 17.1. The largest absolute Gasteiger partial charge is 0.497 e. The number of aromatic nitrogens is 1. The number of fused-ring (bicyclic) bond motifs is 5. The molecule has 0 saturated heterocycles. The molecular weight excluding hydrogens is 348 g/mol. The first-order valence-corrected chi connectivity index (χ1v) is 10.0. The van der Waals surface area contributed by atoms with Crippen molar-refractivity contribution >= 4 is 16.8 Å². The van der Waals surface area contributed by atoms with E-state index in [0.717, 1.165) is 18.7 Å². The molecule has 4 heteroatoms. The number of hydrogen-bond acceptors (Lipinski definition) is 2. The first kappa shape index (κ1) is 18.6. The second kappa shape index (κ2) is 7.01. The molecule has 146 valence electrons. The van der Waals surface area contributed by atoms with Crippen LogP contribution in [0, 0.1) is 0 Å². The fourth-order valence-electron chi connectivity index (χ4n) is 4.39. The summed E-state index contributed by atoms with van der Waals surface area (Å²) in [5.41, 5.74) is 6.26. The summed E-state index contributed by atoms with van der Waals surface area (Å²) in [6.45, 7) is 7.89. The normalized spacial score (nSPS) is 13.1.